The SMILES string of the molecule is C1=CC(c2ccccc2)(c2ccccc2)Oc2c(CN3CCOCCOCCOCCOCC3)cc3ccccc3c21. The Morgan fingerprint density at radius 2 is 1.12 bits per heavy atom. The summed E-state index contributed by atoms with van der Waals surface area (Å²) in [5.41, 5.74) is 3.71. The van der Waals surface area contributed by atoms with Gasteiger partial charge in [-0.25, -0.2) is 0 Å². The van der Waals surface area contributed by atoms with Crippen molar-refractivity contribution in [1.29, 1.82) is 0 Å². The zero-order chi connectivity index (χ0) is 28.5. The molecule has 0 amide bonds. The van der Waals surface area contributed by atoms with Crippen LogP contribution in [0.25, 0.3) is 16.8 Å². The van der Waals surface area contributed by atoms with Crippen LogP contribution in [0.2, 0.25) is 0 Å². The van der Waals surface area contributed by atoms with Gasteiger partial charge in [-0.15, -0.1) is 0 Å². The predicted octanol–water partition coefficient (Wildman–Crippen LogP) is 6.07. The molecule has 0 bridgehead atoms. The molecule has 6 nitrogen and oxygen atoms in total. The first kappa shape index (κ1) is 28.6. The van der Waals surface area contributed by atoms with E-state index in [0.717, 1.165) is 41.1 Å². The number of hydrogen-bond donors (Lipinski definition) is 0. The van der Waals surface area contributed by atoms with Gasteiger partial charge in [0.15, 0.2) is 5.60 Å². The van der Waals surface area contributed by atoms with E-state index in [0.29, 0.717) is 59.4 Å². The van der Waals surface area contributed by atoms with Crippen LogP contribution in [0.1, 0.15) is 22.3 Å². The molecular formula is C36H39NO5. The fourth-order valence-electron chi connectivity index (χ4n) is 5.72. The van der Waals surface area contributed by atoms with Crippen molar-refractivity contribution in [2.24, 2.45) is 0 Å². The number of ether oxygens (including phenoxy) is 5. The van der Waals surface area contributed by atoms with E-state index in [1.54, 1.807) is 0 Å². The molecule has 1 fully saturated rings. The van der Waals surface area contributed by atoms with E-state index in [2.05, 4.69) is 95.9 Å². The maximum Gasteiger partial charge on any atom is 0.178 e. The van der Waals surface area contributed by atoms with Gasteiger partial charge in [0, 0.05) is 41.9 Å². The van der Waals surface area contributed by atoms with Gasteiger partial charge in [-0.3, -0.25) is 4.90 Å². The highest BCUT2D eigenvalue weighted by molar-refractivity contribution is 5.95. The van der Waals surface area contributed by atoms with Crippen LogP contribution in [0.3, 0.4) is 0 Å². The Bertz CT molecular complexity index is 1400. The summed E-state index contributed by atoms with van der Waals surface area (Å²) in [6, 6.07) is 31.8. The average Bonchev–Trinajstić information content (AvgIpc) is 3.06. The Kier molecular flexibility index (Phi) is 9.60. The van der Waals surface area contributed by atoms with E-state index < -0.39 is 5.60 Å². The Labute approximate surface area is 248 Å². The van der Waals surface area contributed by atoms with Crippen molar-refractivity contribution in [3.63, 3.8) is 0 Å². The Morgan fingerprint density at radius 1 is 0.595 bits per heavy atom. The van der Waals surface area contributed by atoms with Crippen LogP contribution < -0.4 is 4.74 Å². The summed E-state index contributed by atoms with van der Waals surface area (Å²) in [5, 5.41) is 2.39. The molecule has 42 heavy (non-hydrogen) atoms. The first-order valence-electron chi connectivity index (χ1n) is 14.9. The lowest BCUT2D eigenvalue weighted by molar-refractivity contribution is 0.00206. The molecule has 0 unspecified atom stereocenters. The molecule has 1 saturated heterocycles. The number of nitrogens with zero attached hydrogens (tertiary/aromatic N) is 1. The molecule has 6 rings (SSSR count). The minimum absolute atomic E-state index is 0.569. The zero-order valence-corrected chi connectivity index (χ0v) is 24.1. The number of fused-ring (bicyclic) bond motifs is 3. The molecule has 0 atom stereocenters. The van der Waals surface area contributed by atoms with Gasteiger partial charge in [0.05, 0.1) is 52.9 Å². The van der Waals surface area contributed by atoms with Crippen molar-refractivity contribution in [2.45, 2.75) is 12.1 Å². The molecular weight excluding hydrogens is 526 g/mol. The largest absolute Gasteiger partial charge is 0.473 e. The fourth-order valence-corrected chi connectivity index (χ4v) is 5.72. The molecule has 0 radical (unpaired) electrons. The molecule has 0 aromatic heterocycles. The zero-order valence-electron chi connectivity index (χ0n) is 24.1. The predicted molar refractivity (Wildman–Crippen MR) is 166 cm³/mol. The van der Waals surface area contributed by atoms with Gasteiger partial charge < -0.3 is 23.7 Å². The molecule has 0 saturated carbocycles. The lowest BCUT2D eigenvalue weighted by Crippen LogP contribution is -2.36. The van der Waals surface area contributed by atoms with Gasteiger partial charge in [-0.1, -0.05) is 84.9 Å². The minimum Gasteiger partial charge on any atom is -0.473 e. The summed E-state index contributed by atoms with van der Waals surface area (Å²) in [6.45, 7) is 6.93. The monoisotopic (exact) mass is 565 g/mol. The van der Waals surface area contributed by atoms with E-state index in [-0.39, 0.29) is 0 Å². The second-order valence-electron chi connectivity index (χ2n) is 10.6. The molecule has 2 heterocycles. The van der Waals surface area contributed by atoms with Crippen LogP contribution >= 0.6 is 0 Å². The van der Waals surface area contributed by atoms with Crippen LogP contribution in [0, 0.1) is 0 Å². The molecule has 218 valence electrons. The second-order valence-corrected chi connectivity index (χ2v) is 10.6. The number of rotatable bonds is 4. The fraction of sp³-hybridized carbons (Fsp3) is 0.333. The third-order valence-electron chi connectivity index (χ3n) is 7.88. The van der Waals surface area contributed by atoms with E-state index in [1.165, 1.54) is 10.8 Å². The highest BCUT2D eigenvalue weighted by Crippen LogP contribution is 2.46. The van der Waals surface area contributed by atoms with Crippen LogP contribution in [0.5, 0.6) is 5.75 Å². The van der Waals surface area contributed by atoms with Crippen molar-refractivity contribution >= 4 is 16.8 Å². The molecule has 4 aromatic carbocycles. The quantitative estimate of drug-likeness (QED) is 0.299. The summed E-state index contributed by atoms with van der Waals surface area (Å²) in [4.78, 5) is 2.39. The normalized spacial score (nSPS) is 18.9. The first-order valence-corrected chi connectivity index (χ1v) is 14.9. The van der Waals surface area contributed by atoms with Crippen molar-refractivity contribution in [1.82, 2.24) is 4.90 Å². The molecule has 0 spiro atoms. The average molecular weight is 566 g/mol. The maximum atomic E-state index is 7.24. The topological polar surface area (TPSA) is 49.4 Å². The van der Waals surface area contributed by atoms with Gasteiger partial charge in [-0.05, 0) is 29.0 Å². The van der Waals surface area contributed by atoms with Gasteiger partial charge in [0.25, 0.3) is 0 Å². The van der Waals surface area contributed by atoms with Gasteiger partial charge >= 0.3 is 0 Å². The van der Waals surface area contributed by atoms with Crippen LogP contribution in [-0.4, -0.2) is 70.8 Å². The molecule has 6 heteroatoms. The third-order valence-corrected chi connectivity index (χ3v) is 7.88. The Morgan fingerprint density at radius 3 is 1.71 bits per heavy atom. The molecule has 2 aliphatic rings. The molecule has 4 aromatic rings. The van der Waals surface area contributed by atoms with Gasteiger partial charge in [0.2, 0.25) is 0 Å². The molecule has 2 aliphatic heterocycles. The van der Waals surface area contributed by atoms with Gasteiger partial charge in [0.1, 0.15) is 5.75 Å². The van der Waals surface area contributed by atoms with Crippen LogP contribution in [0.15, 0.2) is 97.1 Å². The smallest absolute Gasteiger partial charge is 0.178 e. The highest BCUT2D eigenvalue weighted by atomic mass is 16.6. The summed E-state index contributed by atoms with van der Waals surface area (Å²) in [5.74, 6) is 0.920. The van der Waals surface area contributed by atoms with Gasteiger partial charge in [-0.2, -0.15) is 0 Å². The van der Waals surface area contributed by atoms with E-state index in [9.17, 15) is 0 Å². The van der Waals surface area contributed by atoms with Crippen LogP contribution in [-0.2, 0) is 31.1 Å². The summed E-state index contributed by atoms with van der Waals surface area (Å²) in [7, 11) is 0. The van der Waals surface area contributed by atoms with Crippen molar-refractivity contribution in [3.05, 3.63) is 119 Å². The third kappa shape index (κ3) is 6.59. The van der Waals surface area contributed by atoms with Crippen molar-refractivity contribution < 1.29 is 23.7 Å². The minimum atomic E-state index is -0.740. The van der Waals surface area contributed by atoms with Crippen molar-refractivity contribution in [2.75, 3.05) is 65.9 Å². The van der Waals surface area contributed by atoms with E-state index in [4.69, 9.17) is 23.7 Å². The summed E-state index contributed by atoms with van der Waals surface area (Å²) in [6.07, 6.45) is 4.47. The van der Waals surface area contributed by atoms with Crippen molar-refractivity contribution in [3.8, 4) is 5.75 Å². The van der Waals surface area contributed by atoms with E-state index >= 15 is 0 Å². The van der Waals surface area contributed by atoms with E-state index in [1.807, 2.05) is 12.1 Å². The standard InChI is InChI=1S/C36H39NO5/c1-3-10-31(11-4-1)36(32-12-5-2-6-13-32)16-15-34-33-14-8-7-9-29(33)27-30(35(34)42-36)28-37-17-19-38-21-23-40-25-26-41-24-22-39-20-18-37/h1-16,27H,17-26,28H2. The molecule has 0 N–H and O–H groups in total. The number of benzene rings is 4. The number of hydrogen-bond acceptors (Lipinski definition) is 6. The Balaban J connectivity index is 1.36. The Hall–Kier alpha value is -3.52. The second kappa shape index (κ2) is 14.1. The first-order chi connectivity index (χ1) is 20.8. The highest BCUT2D eigenvalue weighted by Gasteiger charge is 2.38. The lowest BCUT2D eigenvalue weighted by atomic mass is 9.82. The van der Waals surface area contributed by atoms with Crippen LogP contribution in [0.4, 0.5) is 0 Å². The summed E-state index contributed by atoms with van der Waals surface area (Å²) >= 11 is 0. The lowest BCUT2D eigenvalue weighted by Gasteiger charge is -2.38. The maximum absolute atomic E-state index is 7.24. The summed E-state index contributed by atoms with van der Waals surface area (Å²) < 4.78 is 30.3. The molecule has 0 aliphatic carbocycles.